The van der Waals surface area contributed by atoms with Crippen LogP contribution in [0, 0.1) is 0 Å². The van der Waals surface area contributed by atoms with E-state index < -0.39 is 0 Å². The molecule has 13 rings (SSSR count). The highest BCUT2D eigenvalue weighted by atomic mass is 15.0. The lowest BCUT2D eigenvalue weighted by atomic mass is 9.85. The number of fused-ring (bicyclic) bond motifs is 4. The van der Waals surface area contributed by atoms with Gasteiger partial charge in [-0.1, -0.05) is 188 Å². The van der Waals surface area contributed by atoms with Crippen molar-refractivity contribution in [2.75, 3.05) is 0 Å². The Bertz CT molecular complexity index is 3490. The van der Waals surface area contributed by atoms with Gasteiger partial charge in [0.05, 0.1) is 11.0 Å². The Kier molecular flexibility index (Phi) is 7.37. The van der Waals surface area contributed by atoms with E-state index in [1.807, 2.05) is 0 Å². The van der Waals surface area contributed by atoms with Gasteiger partial charge in [-0.25, -0.2) is 0 Å². The van der Waals surface area contributed by atoms with Gasteiger partial charge in [0.15, 0.2) is 0 Å². The monoisotopic (exact) mass is 771 g/mol. The number of hydrogen-bond acceptors (Lipinski definition) is 0. The summed E-state index contributed by atoms with van der Waals surface area (Å²) in [7, 11) is 0. The number of hydrogen-bond donors (Lipinski definition) is 0. The molecule has 0 fully saturated rings. The third-order valence-electron chi connectivity index (χ3n) is 13.0. The molecule has 0 N–H and O–H groups in total. The SMILES string of the molecule is c1ccc(-c2c3ccccc3c(-c3cc4ccc5cc(-c6c7ccccc7c(-c7ccccc7)c7ccccc67)cc6c5c4c(c3)n6-c3ccccc3)c3ccccc23)cc1. The Labute approximate surface area is 353 Å². The van der Waals surface area contributed by atoms with Crippen molar-refractivity contribution in [1.29, 1.82) is 0 Å². The maximum atomic E-state index is 2.52. The molecule has 1 aromatic heterocycles. The Hall–Kier alpha value is -8.00. The molecule has 61 heavy (non-hydrogen) atoms. The van der Waals surface area contributed by atoms with Crippen LogP contribution >= 0.6 is 0 Å². The van der Waals surface area contributed by atoms with E-state index in [1.54, 1.807) is 0 Å². The standard InChI is InChI=1S/C60H37N/c1-4-18-38(19-5-1)55-45-24-10-14-28-49(45)57(50-29-15-11-25-46(50)55)42-34-40-32-33-41-35-43(37-54-60(41)59(40)53(36-42)61(54)44-22-8-3-9-23-44)58-51-30-16-12-26-47(51)56(39-20-6-2-7-21-39)48-27-13-17-31-52(48)58/h1-37H. The lowest BCUT2D eigenvalue weighted by Gasteiger charge is -2.18. The minimum absolute atomic E-state index is 1.15. The number of rotatable bonds is 5. The van der Waals surface area contributed by atoms with Crippen LogP contribution < -0.4 is 0 Å². The van der Waals surface area contributed by atoms with E-state index in [1.165, 1.54) is 120 Å². The molecule has 0 atom stereocenters. The third-order valence-corrected chi connectivity index (χ3v) is 13.0. The van der Waals surface area contributed by atoms with Gasteiger partial charge >= 0.3 is 0 Å². The number of nitrogens with zero attached hydrogens (tertiary/aromatic N) is 1. The molecule has 1 heteroatoms. The smallest absolute Gasteiger partial charge is 0.0553 e. The lowest BCUT2D eigenvalue weighted by molar-refractivity contribution is 1.18. The maximum absolute atomic E-state index is 2.52. The van der Waals surface area contributed by atoms with Gasteiger partial charge in [0, 0.05) is 16.5 Å². The molecule has 0 radical (unpaired) electrons. The Morgan fingerprint density at radius 1 is 0.230 bits per heavy atom. The molecule has 282 valence electrons. The number of aromatic nitrogens is 1. The van der Waals surface area contributed by atoms with Crippen molar-refractivity contribution >= 4 is 75.7 Å². The first-order valence-electron chi connectivity index (χ1n) is 21.2. The summed E-state index contributed by atoms with van der Waals surface area (Å²) in [4.78, 5) is 0. The summed E-state index contributed by atoms with van der Waals surface area (Å²) in [6, 6.07) is 83.0. The highest BCUT2D eigenvalue weighted by molar-refractivity contribution is 6.29. The van der Waals surface area contributed by atoms with Crippen molar-refractivity contribution in [3.05, 3.63) is 224 Å². The first-order valence-corrected chi connectivity index (χ1v) is 21.2. The van der Waals surface area contributed by atoms with Crippen LogP contribution in [0.2, 0.25) is 0 Å². The third kappa shape index (κ3) is 5.02. The van der Waals surface area contributed by atoms with Crippen molar-refractivity contribution in [3.63, 3.8) is 0 Å². The van der Waals surface area contributed by atoms with Gasteiger partial charge in [-0.05, 0) is 135 Å². The van der Waals surface area contributed by atoms with Crippen LogP contribution in [0.4, 0.5) is 0 Å². The fraction of sp³-hybridized carbons (Fsp3) is 0. The molecule has 0 aliphatic carbocycles. The van der Waals surface area contributed by atoms with E-state index in [0.717, 1.165) is 5.69 Å². The first-order chi connectivity index (χ1) is 30.3. The normalized spacial score (nSPS) is 11.9. The van der Waals surface area contributed by atoms with Crippen molar-refractivity contribution in [2.24, 2.45) is 0 Å². The molecule has 1 nitrogen and oxygen atoms in total. The van der Waals surface area contributed by atoms with Gasteiger partial charge in [0.1, 0.15) is 0 Å². The summed E-state index contributed by atoms with van der Waals surface area (Å²) < 4.78 is 2.52. The van der Waals surface area contributed by atoms with Crippen LogP contribution in [0.15, 0.2) is 224 Å². The van der Waals surface area contributed by atoms with E-state index in [0.29, 0.717) is 0 Å². The predicted octanol–water partition coefficient (Wildman–Crippen LogP) is 16.7. The molecule has 0 bridgehead atoms. The molecular formula is C60H37N. The van der Waals surface area contributed by atoms with Crippen molar-refractivity contribution in [2.45, 2.75) is 0 Å². The Morgan fingerprint density at radius 3 is 0.836 bits per heavy atom. The van der Waals surface area contributed by atoms with Crippen LogP contribution in [-0.4, -0.2) is 4.57 Å². The second-order valence-corrected chi connectivity index (χ2v) is 16.3. The highest BCUT2D eigenvalue weighted by Gasteiger charge is 2.24. The van der Waals surface area contributed by atoms with Crippen molar-refractivity contribution in [3.8, 4) is 50.2 Å². The molecule has 1 heterocycles. The van der Waals surface area contributed by atoms with Gasteiger partial charge in [0.2, 0.25) is 0 Å². The van der Waals surface area contributed by atoms with Gasteiger partial charge in [-0.2, -0.15) is 0 Å². The molecule has 0 saturated heterocycles. The predicted molar refractivity (Wildman–Crippen MR) is 261 cm³/mol. The average molecular weight is 772 g/mol. The van der Waals surface area contributed by atoms with E-state index in [2.05, 4.69) is 229 Å². The van der Waals surface area contributed by atoms with Crippen LogP contribution in [0.5, 0.6) is 0 Å². The minimum Gasteiger partial charge on any atom is -0.309 e. The molecule has 12 aromatic carbocycles. The molecule has 0 aliphatic rings. The number of para-hydroxylation sites is 1. The molecule has 13 aromatic rings. The van der Waals surface area contributed by atoms with Gasteiger partial charge < -0.3 is 4.57 Å². The molecule has 0 spiro atoms. The Morgan fingerprint density at radius 2 is 0.508 bits per heavy atom. The zero-order valence-corrected chi connectivity index (χ0v) is 33.3. The quantitative estimate of drug-likeness (QED) is 0.121. The Balaban J connectivity index is 1.14. The second kappa shape index (κ2) is 13.3. The number of benzene rings is 12. The average Bonchev–Trinajstić information content (AvgIpc) is 3.66. The van der Waals surface area contributed by atoms with Gasteiger partial charge in [0.25, 0.3) is 0 Å². The lowest BCUT2D eigenvalue weighted by Crippen LogP contribution is -1.95. The summed E-state index contributed by atoms with van der Waals surface area (Å²) >= 11 is 0. The topological polar surface area (TPSA) is 4.93 Å². The van der Waals surface area contributed by atoms with Crippen LogP contribution in [0.3, 0.4) is 0 Å². The fourth-order valence-corrected chi connectivity index (χ4v) is 10.6. The summed E-state index contributed by atoms with van der Waals surface area (Å²) in [5.41, 5.74) is 13.6. The molecule has 0 unspecified atom stereocenters. The van der Waals surface area contributed by atoms with Crippen molar-refractivity contribution in [1.82, 2.24) is 4.57 Å². The summed E-state index contributed by atoms with van der Waals surface area (Å²) in [6.07, 6.45) is 0. The summed E-state index contributed by atoms with van der Waals surface area (Å²) in [6.45, 7) is 0. The largest absolute Gasteiger partial charge is 0.309 e. The fourth-order valence-electron chi connectivity index (χ4n) is 10.6. The molecule has 0 saturated carbocycles. The summed E-state index contributed by atoms with van der Waals surface area (Å²) in [5.74, 6) is 0. The molecule has 0 aliphatic heterocycles. The molecular weight excluding hydrogens is 735 g/mol. The first kappa shape index (κ1) is 33.9. The van der Waals surface area contributed by atoms with Crippen molar-refractivity contribution < 1.29 is 0 Å². The van der Waals surface area contributed by atoms with Crippen LogP contribution in [-0.2, 0) is 0 Å². The zero-order chi connectivity index (χ0) is 40.0. The van der Waals surface area contributed by atoms with Gasteiger partial charge in [-0.15, -0.1) is 0 Å². The van der Waals surface area contributed by atoms with E-state index in [4.69, 9.17) is 0 Å². The van der Waals surface area contributed by atoms with Gasteiger partial charge in [-0.3, -0.25) is 0 Å². The van der Waals surface area contributed by atoms with E-state index in [-0.39, 0.29) is 0 Å². The van der Waals surface area contributed by atoms with Crippen LogP contribution in [0.25, 0.3) is 126 Å². The summed E-state index contributed by atoms with van der Waals surface area (Å²) in [5, 5.41) is 15.2. The minimum atomic E-state index is 1.15. The van der Waals surface area contributed by atoms with E-state index in [9.17, 15) is 0 Å². The second-order valence-electron chi connectivity index (χ2n) is 16.3. The zero-order valence-electron chi connectivity index (χ0n) is 33.3. The highest BCUT2D eigenvalue weighted by Crippen LogP contribution is 2.49. The maximum Gasteiger partial charge on any atom is 0.0553 e. The van der Waals surface area contributed by atoms with Crippen LogP contribution in [0.1, 0.15) is 0 Å². The van der Waals surface area contributed by atoms with E-state index >= 15 is 0 Å². The molecule has 0 amide bonds.